The number of hydrogen-bond donors (Lipinski definition) is 1. The summed E-state index contributed by atoms with van der Waals surface area (Å²) in [6.07, 6.45) is 1.68. The zero-order chi connectivity index (χ0) is 13.9. The average Bonchev–Trinajstić information content (AvgIpc) is 2.27. The first-order valence-corrected chi connectivity index (χ1v) is 6.33. The molecule has 1 unspecified atom stereocenters. The first-order valence-electron chi connectivity index (χ1n) is 5.58. The van der Waals surface area contributed by atoms with Crippen molar-refractivity contribution in [1.29, 1.82) is 0 Å². The Morgan fingerprint density at radius 2 is 2.11 bits per heavy atom. The summed E-state index contributed by atoms with van der Waals surface area (Å²) < 4.78 is 0. The second-order valence-electron chi connectivity index (χ2n) is 4.50. The van der Waals surface area contributed by atoms with Gasteiger partial charge in [-0.05, 0) is 32.4 Å². The smallest absolute Gasteiger partial charge is 0.225 e. The lowest BCUT2D eigenvalue weighted by molar-refractivity contribution is 0.223. The third-order valence-electron chi connectivity index (χ3n) is 2.73. The molecule has 0 spiro atoms. The van der Waals surface area contributed by atoms with Gasteiger partial charge in [0.1, 0.15) is 11.0 Å². The Kier molecular flexibility index (Phi) is 4.96. The van der Waals surface area contributed by atoms with Crippen LogP contribution in [0.5, 0.6) is 0 Å². The van der Waals surface area contributed by atoms with Crippen LogP contribution in [0.25, 0.3) is 0 Å². The predicted octanol–water partition coefficient (Wildman–Crippen LogP) is 2.94. The van der Waals surface area contributed by atoms with E-state index in [1.165, 1.54) is 0 Å². The molecule has 1 aromatic heterocycles. The van der Waals surface area contributed by atoms with Crippen molar-refractivity contribution < 1.29 is 5.11 Å². The number of anilines is 1. The van der Waals surface area contributed by atoms with Crippen LogP contribution in [0, 0.1) is 0 Å². The Morgan fingerprint density at radius 3 is 2.50 bits per heavy atom. The maximum atomic E-state index is 9.58. The van der Waals surface area contributed by atoms with Gasteiger partial charge in [-0.1, -0.05) is 17.7 Å². The van der Waals surface area contributed by atoms with Gasteiger partial charge in [-0.2, -0.15) is 0 Å². The molecular formula is C12H17Cl2N3O. The molecule has 0 saturated carbocycles. The Bertz CT molecular complexity index is 419. The van der Waals surface area contributed by atoms with Crippen LogP contribution >= 0.6 is 23.2 Å². The molecule has 0 aromatic carbocycles. The van der Waals surface area contributed by atoms with Crippen LogP contribution in [-0.2, 0) is 0 Å². The Hall–Kier alpha value is -0.840. The molecule has 1 aromatic rings. The number of rotatable bonds is 5. The van der Waals surface area contributed by atoms with Crippen LogP contribution in [0.3, 0.4) is 0 Å². The summed E-state index contributed by atoms with van der Waals surface area (Å²) in [5.74, 6) is 0.562. The zero-order valence-corrected chi connectivity index (χ0v) is 12.2. The van der Waals surface area contributed by atoms with Crippen molar-refractivity contribution in [1.82, 2.24) is 9.97 Å². The summed E-state index contributed by atoms with van der Waals surface area (Å²) in [7, 11) is 0. The summed E-state index contributed by atoms with van der Waals surface area (Å²) >= 11 is 11.7. The van der Waals surface area contributed by atoms with Crippen LogP contribution in [0.4, 0.5) is 5.82 Å². The number of halogens is 2. The molecule has 0 aliphatic carbocycles. The molecule has 1 heterocycles. The maximum Gasteiger partial charge on any atom is 0.225 e. The minimum Gasteiger partial charge on any atom is -0.394 e. The normalized spacial score (nSPS) is 14.4. The maximum absolute atomic E-state index is 9.58. The van der Waals surface area contributed by atoms with E-state index in [2.05, 4.69) is 16.5 Å². The molecule has 4 nitrogen and oxygen atoms in total. The van der Waals surface area contributed by atoms with Crippen LogP contribution in [0.2, 0.25) is 10.4 Å². The lowest BCUT2D eigenvalue weighted by Crippen LogP contribution is -2.52. The van der Waals surface area contributed by atoms with Crippen molar-refractivity contribution in [3.8, 4) is 0 Å². The van der Waals surface area contributed by atoms with E-state index < -0.39 is 5.54 Å². The summed E-state index contributed by atoms with van der Waals surface area (Å²) in [6, 6.07) is 1.70. The van der Waals surface area contributed by atoms with Crippen molar-refractivity contribution in [2.24, 2.45) is 0 Å². The van der Waals surface area contributed by atoms with Crippen molar-refractivity contribution in [2.45, 2.75) is 32.4 Å². The summed E-state index contributed by atoms with van der Waals surface area (Å²) in [5.41, 5.74) is -0.644. The van der Waals surface area contributed by atoms with Gasteiger partial charge in [0.2, 0.25) is 5.28 Å². The zero-order valence-electron chi connectivity index (χ0n) is 10.7. The van der Waals surface area contributed by atoms with Crippen molar-refractivity contribution >= 4 is 29.0 Å². The average molecular weight is 290 g/mol. The highest BCUT2D eigenvalue weighted by Gasteiger charge is 2.31. The third-order valence-corrected chi connectivity index (χ3v) is 3.09. The topological polar surface area (TPSA) is 49.2 Å². The van der Waals surface area contributed by atoms with E-state index in [-0.39, 0.29) is 23.1 Å². The van der Waals surface area contributed by atoms with Crippen LogP contribution in [0.1, 0.15) is 20.8 Å². The molecule has 0 radical (unpaired) electrons. The quantitative estimate of drug-likeness (QED) is 0.514. The number of nitrogens with zero attached hydrogens (tertiary/aromatic N) is 3. The van der Waals surface area contributed by atoms with E-state index in [4.69, 9.17) is 23.2 Å². The summed E-state index contributed by atoms with van der Waals surface area (Å²) in [4.78, 5) is 9.87. The predicted molar refractivity (Wildman–Crippen MR) is 75.4 cm³/mol. The molecule has 0 fully saturated rings. The van der Waals surface area contributed by atoms with Gasteiger partial charge < -0.3 is 10.0 Å². The van der Waals surface area contributed by atoms with Gasteiger partial charge in [0, 0.05) is 12.1 Å². The lowest BCUT2D eigenvalue weighted by atomic mass is 9.99. The minimum atomic E-state index is -0.644. The first kappa shape index (κ1) is 15.2. The fourth-order valence-electron chi connectivity index (χ4n) is 1.86. The second-order valence-corrected chi connectivity index (χ2v) is 5.23. The molecule has 1 atom stereocenters. The molecule has 100 valence electrons. The Morgan fingerprint density at radius 1 is 1.50 bits per heavy atom. The molecule has 0 saturated heterocycles. The van der Waals surface area contributed by atoms with Crippen LogP contribution < -0.4 is 4.90 Å². The molecule has 18 heavy (non-hydrogen) atoms. The number of hydrogen-bond acceptors (Lipinski definition) is 4. The van der Waals surface area contributed by atoms with E-state index in [9.17, 15) is 5.11 Å². The monoisotopic (exact) mass is 289 g/mol. The minimum absolute atomic E-state index is 0.0764. The summed E-state index contributed by atoms with van der Waals surface area (Å²) in [5, 5.41) is 9.92. The highest BCUT2D eigenvalue weighted by molar-refractivity contribution is 6.32. The van der Waals surface area contributed by atoms with E-state index in [1.807, 2.05) is 25.7 Å². The Balaban J connectivity index is 3.32. The van der Waals surface area contributed by atoms with Crippen LogP contribution in [-0.4, -0.2) is 33.3 Å². The third kappa shape index (κ3) is 3.13. The van der Waals surface area contributed by atoms with Gasteiger partial charge in [-0.15, -0.1) is 6.58 Å². The lowest BCUT2D eigenvalue weighted by Gasteiger charge is -2.41. The van der Waals surface area contributed by atoms with E-state index in [0.717, 1.165) is 0 Å². The number of aromatic nitrogens is 2. The molecule has 1 rings (SSSR count). The SMILES string of the molecule is C=CC(C)(CO)N(c1cc(Cl)nc(Cl)n1)C(C)C. The van der Waals surface area contributed by atoms with Gasteiger partial charge in [0.25, 0.3) is 0 Å². The first-order chi connectivity index (χ1) is 8.34. The molecule has 0 amide bonds. The standard InChI is InChI=1S/C12H17Cl2N3O/c1-5-12(4,7-18)17(8(2)3)10-6-9(13)15-11(14)16-10/h5-6,8,18H,1,7H2,2-4H3. The fraction of sp³-hybridized carbons (Fsp3) is 0.500. The second kappa shape index (κ2) is 5.87. The van der Waals surface area contributed by atoms with E-state index in [1.54, 1.807) is 12.1 Å². The van der Waals surface area contributed by atoms with Gasteiger partial charge in [-0.3, -0.25) is 0 Å². The van der Waals surface area contributed by atoms with E-state index >= 15 is 0 Å². The number of aliphatic hydroxyl groups excluding tert-OH is 1. The highest BCUT2D eigenvalue weighted by atomic mass is 35.5. The van der Waals surface area contributed by atoms with Gasteiger partial charge in [0.15, 0.2) is 0 Å². The molecule has 0 bridgehead atoms. The molecule has 0 aliphatic rings. The van der Waals surface area contributed by atoms with Crippen molar-refractivity contribution in [2.75, 3.05) is 11.5 Å². The Labute approximate surface area is 117 Å². The van der Waals surface area contributed by atoms with Gasteiger partial charge >= 0.3 is 0 Å². The summed E-state index contributed by atoms with van der Waals surface area (Å²) in [6.45, 7) is 9.52. The molecule has 6 heteroatoms. The largest absolute Gasteiger partial charge is 0.394 e. The van der Waals surface area contributed by atoms with Crippen molar-refractivity contribution in [3.63, 3.8) is 0 Å². The molecule has 1 N–H and O–H groups in total. The molecule has 0 aliphatic heterocycles. The van der Waals surface area contributed by atoms with Gasteiger partial charge in [-0.25, -0.2) is 9.97 Å². The number of aliphatic hydroxyl groups is 1. The van der Waals surface area contributed by atoms with Crippen LogP contribution in [0.15, 0.2) is 18.7 Å². The van der Waals surface area contributed by atoms with Crippen molar-refractivity contribution in [3.05, 3.63) is 29.2 Å². The highest BCUT2D eigenvalue weighted by Crippen LogP contribution is 2.28. The van der Waals surface area contributed by atoms with E-state index in [0.29, 0.717) is 5.82 Å². The van der Waals surface area contributed by atoms with Gasteiger partial charge in [0.05, 0.1) is 12.1 Å². The fourth-order valence-corrected chi connectivity index (χ4v) is 2.26. The molecular weight excluding hydrogens is 273 g/mol.